The molecule has 12 heteroatoms. The lowest BCUT2D eigenvalue weighted by Gasteiger charge is -2.04. The van der Waals surface area contributed by atoms with E-state index in [0.29, 0.717) is 33.8 Å². The topological polar surface area (TPSA) is 155 Å². The van der Waals surface area contributed by atoms with Crippen LogP contribution in [0.2, 0.25) is 0 Å². The summed E-state index contributed by atoms with van der Waals surface area (Å²) in [4.78, 5) is 63.7. The smallest absolute Gasteiger partial charge is 0.343 e. The molecule has 0 amide bonds. The van der Waals surface area contributed by atoms with Gasteiger partial charge in [-0.05, 0) is 213 Å². The molecule has 0 aromatic heterocycles. The molecule has 0 aliphatic rings. The van der Waals surface area contributed by atoms with Gasteiger partial charge in [-0.25, -0.2) is 19.2 Å². The van der Waals surface area contributed by atoms with Crippen molar-refractivity contribution in [2.45, 2.75) is 69.2 Å². The zero-order valence-corrected chi connectivity index (χ0v) is 61.1. The van der Waals surface area contributed by atoms with Gasteiger partial charge in [0, 0.05) is 24.9 Å². The summed E-state index contributed by atoms with van der Waals surface area (Å²) in [5.74, 6) is -0.172. The quantitative estimate of drug-likeness (QED) is 0.0592. The highest BCUT2D eigenvalue weighted by atomic mass is 16.5. The second-order valence-electron chi connectivity index (χ2n) is 24.6. The van der Waals surface area contributed by atoms with Gasteiger partial charge in [0.2, 0.25) is 0 Å². The van der Waals surface area contributed by atoms with Crippen molar-refractivity contribution in [3.05, 3.63) is 391 Å². The summed E-state index contributed by atoms with van der Waals surface area (Å²) in [5.41, 5.74) is 22.1. The van der Waals surface area contributed by atoms with Gasteiger partial charge in [-0.3, -0.25) is 20.0 Å². The first-order valence-electron chi connectivity index (χ1n) is 33.8. The fourth-order valence-corrected chi connectivity index (χ4v) is 8.99. The predicted molar refractivity (Wildman–Crippen MR) is 426 cm³/mol. The third-order valence-electron chi connectivity index (χ3n) is 15.4. The van der Waals surface area contributed by atoms with Gasteiger partial charge in [-0.2, -0.15) is 0 Å². The molecule has 12 rings (SSSR count). The van der Waals surface area contributed by atoms with E-state index in [9.17, 15) is 19.2 Å². The summed E-state index contributed by atoms with van der Waals surface area (Å²) < 4.78 is 19.8. The van der Waals surface area contributed by atoms with E-state index in [1.807, 2.05) is 200 Å². The molecule has 0 saturated heterocycles. The number of benzene rings is 12. The molecule has 0 atom stereocenters. The largest absolute Gasteiger partial charge is 0.465 e. The number of ether oxygens (including phenoxy) is 4. The molecule has 0 heterocycles. The Balaban J connectivity index is 0.000000175. The molecule has 0 bridgehead atoms. The molecule has 524 valence electrons. The van der Waals surface area contributed by atoms with E-state index >= 15 is 0 Å². The first kappa shape index (κ1) is 78.5. The number of aryl methyl sites for hydroxylation is 10. The van der Waals surface area contributed by atoms with Crippen LogP contribution in [0.4, 0.5) is 22.7 Å². The van der Waals surface area contributed by atoms with E-state index < -0.39 is 0 Å². The number of esters is 4. The van der Waals surface area contributed by atoms with Crippen molar-refractivity contribution in [2.24, 2.45) is 20.0 Å². The number of carbonyl (C=O) groups excluding carboxylic acids is 4. The molecule has 0 aliphatic carbocycles. The number of aliphatic imine (C=N–C) groups is 4. The molecule has 0 saturated carbocycles. The lowest BCUT2D eigenvalue weighted by atomic mass is 10.1. The minimum Gasteiger partial charge on any atom is -0.465 e. The Morgan fingerprint density at radius 2 is 0.365 bits per heavy atom. The molecule has 0 fully saturated rings. The summed E-state index contributed by atoms with van der Waals surface area (Å²) in [5, 5.41) is 0. The van der Waals surface area contributed by atoms with Gasteiger partial charge >= 0.3 is 23.9 Å². The average Bonchev–Trinajstić information content (AvgIpc) is 0.912. The molecule has 12 aromatic rings. The minimum atomic E-state index is -0.331. The number of rotatable bonds is 14. The van der Waals surface area contributed by atoms with Gasteiger partial charge in [0.25, 0.3) is 0 Å². The monoisotopic (exact) mass is 1380 g/mol. The first-order chi connectivity index (χ1) is 50.1. The van der Waals surface area contributed by atoms with E-state index in [1.165, 1.54) is 47.6 Å². The molecule has 0 aliphatic heterocycles. The second kappa shape index (κ2) is 41.7. The van der Waals surface area contributed by atoms with Gasteiger partial charge in [-0.1, -0.05) is 225 Å². The van der Waals surface area contributed by atoms with Crippen molar-refractivity contribution in [3.63, 3.8) is 0 Å². The van der Waals surface area contributed by atoms with Crippen molar-refractivity contribution >= 4 is 71.5 Å². The Hall–Kier alpha value is -12.8. The normalized spacial score (nSPS) is 10.5. The number of carbonyl (C=O) groups is 4. The highest BCUT2D eigenvalue weighted by Gasteiger charge is 2.10. The molecule has 0 unspecified atom stereocenters. The third-order valence-corrected chi connectivity index (χ3v) is 15.4. The maximum absolute atomic E-state index is 11.8. The van der Waals surface area contributed by atoms with E-state index in [1.54, 1.807) is 85.2 Å². The molecular weight excluding hydrogens is 1290 g/mol. The van der Waals surface area contributed by atoms with Crippen molar-refractivity contribution in [1.82, 2.24) is 0 Å². The van der Waals surface area contributed by atoms with E-state index in [0.717, 1.165) is 67.3 Å². The van der Waals surface area contributed by atoms with Crippen LogP contribution in [0.5, 0.6) is 11.5 Å². The summed E-state index contributed by atoms with van der Waals surface area (Å²) in [7, 11) is 2.74. The summed E-state index contributed by atoms with van der Waals surface area (Å²) in [6.07, 6.45) is 7.33. The highest BCUT2D eigenvalue weighted by Crippen LogP contribution is 2.20. The number of methoxy groups -OCH3 is 2. The fourth-order valence-electron chi connectivity index (χ4n) is 8.99. The lowest BCUT2D eigenvalue weighted by molar-refractivity contribution is 0.0592. The molecule has 104 heavy (non-hydrogen) atoms. The van der Waals surface area contributed by atoms with Crippen molar-refractivity contribution in [3.8, 4) is 11.5 Å². The fraction of sp³-hybridized carbons (Fsp3) is 0.130. The Morgan fingerprint density at radius 3 is 0.567 bits per heavy atom. The standard InChI is InChI=1S/2C16H15NO2.2C15H15N.2C15H14O2/c2*1-12-3-9-15(10-4-12)17-11-13-5-7-14(8-6-13)16(18)19-2;2*1-12-3-7-14(8-4-12)11-16-15-9-5-13(2)6-10-15;2*1-11-3-7-13(8-4-11)15(16)17-14-9-5-12(2)6-10-14/h2*3-11H,1-2H3;2*3-11H,1-2H3;2*3-10H,1-2H3. The minimum absolute atomic E-state index is 0.325. The van der Waals surface area contributed by atoms with Crippen LogP contribution >= 0.6 is 0 Å². The Labute approximate surface area is 612 Å². The zero-order chi connectivity index (χ0) is 74.6. The van der Waals surface area contributed by atoms with Crippen LogP contribution in [-0.2, 0) is 9.47 Å². The van der Waals surface area contributed by atoms with Crippen LogP contribution < -0.4 is 9.47 Å². The van der Waals surface area contributed by atoms with E-state index in [2.05, 4.69) is 130 Å². The van der Waals surface area contributed by atoms with Crippen molar-refractivity contribution < 1.29 is 38.1 Å². The maximum atomic E-state index is 11.8. The van der Waals surface area contributed by atoms with Gasteiger partial charge in [-0.15, -0.1) is 0 Å². The number of hydrogen-bond donors (Lipinski definition) is 0. The maximum Gasteiger partial charge on any atom is 0.343 e. The lowest BCUT2D eigenvalue weighted by Crippen LogP contribution is -2.08. The van der Waals surface area contributed by atoms with Crippen LogP contribution in [0.25, 0.3) is 0 Å². The van der Waals surface area contributed by atoms with Crippen LogP contribution in [0.3, 0.4) is 0 Å². The van der Waals surface area contributed by atoms with Gasteiger partial charge in [0.1, 0.15) is 11.5 Å². The van der Waals surface area contributed by atoms with Gasteiger partial charge in [0.15, 0.2) is 0 Å². The molecule has 12 aromatic carbocycles. The second-order valence-corrected chi connectivity index (χ2v) is 24.6. The predicted octanol–water partition coefficient (Wildman–Crippen LogP) is 22.2. The Kier molecular flexibility index (Phi) is 31.5. The summed E-state index contributed by atoms with van der Waals surface area (Å²) >= 11 is 0. The van der Waals surface area contributed by atoms with E-state index in [-0.39, 0.29) is 23.9 Å². The molecular formula is C92H88N4O8. The van der Waals surface area contributed by atoms with Gasteiger partial charge < -0.3 is 18.9 Å². The third kappa shape index (κ3) is 28.8. The Morgan fingerprint density at radius 1 is 0.212 bits per heavy atom. The molecule has 0 spiro atoms. The van der Waals surface area contributed by atoms with E-state index in [4.69, 9.17) is 9.47 Å². The van der Waals surface area contributed by atoms with Gasteiger partial charge in [0.05, 0.1) is 59.2 Å². The summed E-state index contributed by atoms with van der Waals surface area (Å²) in [6, 6.07) is 92.8. The van der Waals surface area contributed by atoms with Crippen LogP contribution in [0, 0.1) is 69.2 Å². The van der Waals surface area contributed by atoms with Crippen LogP contribution in [0.15, 0.2) is 311 Å². The van der Waals surface area contributed by atoms with Crippen molar-refractivity contribution in [2.75, 3.05) is 14.2 Å². The Bertz CT molecular complexity index is 4340. The number of hydrogen-bond acceptors (Lipinski definition) is 12. The first-order valence-corrected chi connectivity index (χ1v) is 33.8. The van der Waals surface area contributed by atoms with Crippen LogP contribution in [-0.4, -0.2) is 63.0 Å². The number of nitrogens with zero attached hydrogens (tertiary/aromatic N) is 4. The summed E-state index contributed by atoms with van der Waals surface area (Å²) in [6.45, 7) is 20.3. The highest BCUT2D eigenvalue weighted by molar-refractivity contribution is 5.93. The molecule has 0 N–H and O–H groups in total. The van der Waals surface area contributed by atoms with Crippen molar-refractivity contribution in [1.29, 1.82) is 0 Å². The SMILES string of the molecule is COC(=O)c1ccc(C=Nc2ccc(C)cc2)cc1.COC(=O)c1ccc(C=Nc2ccc(C)cc2)cc1.Cc1ccc(C=Nc2ccc(C)cc2)cc1.Cc1ccc(C=Nc2ccc(C)cc2)cc1.Cc1ccc(OC(=O)c2ccc(C)cc2)cc1.Cc1ccc(OC(=O)c2ccc(C)cc2)cc1. The average molecular weight is 1380 g/mol. The molecule has 0 radical (unpaired) electrons. The molecule has 12 nitrogen and oxygen atoms in total. The van der Waals surface area contributed by atoms with Crippen LogP contribution in [0.1, 0.15) is 119 Å². The zero-order valence-electron chi connectivity index (χ0n) is 61.1.